The Hall–Kier alpha value is -1.55. The first kappa shape index (κ1) is 12.9. The predicted molar refractivity (Wildman–Crippen MR) is 73.2 cm³/mol. The highest BCUT2D eigenvalue weighted by Gasteiger charge is 2.11. The number of carbonyl (C=O) groups is 1. The van der Waals surface area contributed by atoms with Gasteiger partial charge >= 0.3 is 0 Å². The van der Waals surface area contributed by atoms with E-state index in [1.165, 1.54) is 25.9 Å². The van der Waals surface area contributed by atoms with Crippen LogP contribution in [0.5, 0.6) is 0 Å². The number of benzene rings is 1. The van der Waals surface area contributed by atoms with Crippen molar-refractivity contribution in [2.45, 2.75) is 19.3 Å². The molecule has 2 rings (SSSR count). The number of amides is 1. The minimum atomic E-state index is 0.0824. The third-order valence-electron chi connectivity index (χ3n) is 3.29. The molecular formula is C14H21N3O. The Balaban J connectivity index is 1.66. The molecule has 1 aromatic carbocycles. The first-order valence-corrected chi connectivity index (χ1v) is 6.57. The lowest BCUT2D eigenvalue weighted by Crippen LogP contribution is -2.34. The van der Waals surface area contributed by atoms with Gasteiger partial charge in [0, 0.05) is 18.8 Å². The molecule has 0 unspecified atom stereocenters. The number of nitrogens with zero attached hydrogens (tertiary/aromatic N) is 1. The van der Waals surface area contributed by atoms with E-state index in [-0.39, 0.29) is 5.91 Å². The van der Waals surface area contributed by atoms with E-state index in [2.05, 4.69) is 10.2 Å². The van der Waals surface area contributed by atoms with Gasteiger partial charge in [-0.2, -0.15) is 0 Å². The molecule has 1 amide bonds. The standard InChI is InChI=1S/C14H21N3O/c15-13-5-3-12(4-6-13)11-14(18)16-7-10-17-8-1-2-9-17/h3-6H,1-2,7-11,15H2,(H,16,18). The number of nitrogens with two attached hydrogens (primary N) is 1. The Bertz CT molecular complexity index is 383. The molecule has 0 spiro atoms. The van der Waals surface area contributed by atoms with Crippen molar-refractivity contribution in [1.29, 1.82) is 0 Å². The molecule has 0 atom stereocenters. The molecule has 0 radical (unpaired) electrons. The fourth-order valence-corrected chi connectivity index (χ4v) is 2.24. The normalized spacial score (nSPS) is 15.8. The van der Waals surface area contributed by atoms with Crippen LogP contribution in [0, 0.1) is 0 Å². The quantitative estimate of drug-likeness (QED) is 0.764. The summed E-state index contributed by atoms with van der Waals surface area (Å²) in [7, 11) is 0. The lowest BCUT2D eigenvalue weighted by molar-refractivity contribution is -0.120. The lowest BCUT2D eigenvalue weighted by Gasteiger charge is -2.14. The highest BCUT2D eigenvalue weighted by molar-refractivity contribution is 5.78. The van der Waals surface area contributed by atoms with Crippen LogP contribution in [0.2, 0.25) is 0 Å². The van der Waals surface area contributed by atoms with Crippen molar-refractivity contribution in [3.05, 3.63) is 29.8 Å². The van der Waals surface area contributed by atoms with E-state index < -0.39 is 0 Å². The molecule has 0 saturated carbocycles. The highest BCUT2D eigenvalue weighted by atomic mass is 16.1. The molecular weight excluding hydrogens is 226 g/mol. The SMILES string of the molecule is Nc1ccc(CC(=O)NCCN2CCCC2)cc1. The molecule has 1 heterocycles. The van der Waals surface area contributed by atoms with Gasteiger partial charge in [0.1, 0.15) is 0 Å². The van der Waals surface area contributed by atoms with Crippen molar-refractivity contribution in [3.63, 3.8) is 0 Å². The van der Waals surface area contributed by atoms with Gasteiger partial charge in [0.05, 0.1) is 6.42 Å². The first-order chi connectivity index (χ1) is 8.74. The molecule has 1 saturated heterocycles. The van der Waals surface area contributed by atoms with E-state index in [4.69, 9.17) is 5.73 Å². The number of rotatable bonds is 5. The molecule has 18 heavy (non-hydrogen) atoms. The number of carbonyl (C=O) groups excluding carboxylic acids is 1. The first-order valence-electron chi connectivity index (χ1n) is 6.57. The largest absolute Gasteiger partial charge is 0.399 e. The van der Waals surface area contributed by atoms with Gasteiger partial charge in [0.2, 0.25) is 5.91 Å². The summed E-state index contributed by atoms with van der Waals surface area (Å²) >= 11 is 0. The van der Waals surface area contributed by atoms with Crippen molar-refractivity contribution in [3.8, 4) is 0 Å². The van der Waals surface area contributed by atoms with Crippen molar-refractivity contribution in [2.24, 2.45) is 0 Å². The maximum Gasteiger partial charge on any atom is 0.224 e. The van der Waals surface area contributed by atoms with Crippen LogP contribution in [0.15, 0.2) is 24.3 Å². The highest BCUT2D eigenvalue weighted by Crippen LogP contribution is 2.07. The summed E-state index contributed by atoms with van der Waals surface area (Å²) in [5, 5.41) is 2.96. The summed E-state index contributed by atoms with van der Waals surface area (Å²) in [6.45, 7) is 4.06. The van der Waals surface area contributed by atoms with Gasteiger partial charge in [-0.1, -0.05) is 12.1 Å². The average molecular weight is 247 g/mol. The minimum absolute atomic E-state index is 0.0824. The number of hydrogen-bond donors (Lipinski definition) is 2. The fraction of sp³-hybridized carbons (Fsp3) is 0.500. The molecule has 1 aliphatic heterocycles. The van der Waals surface area contributed by atoms with E-state index in [1.807, 2.05) is 24.3 Å². The van der Waals surface area contributed by atoms with E-state index in [0.717, 1.165) is 24.3 Å². The van der Waals surface area contributed by atoms with Crippen LogP contribution in [0.3, 0.4) is 0 Å². The summed E-state index contributed by atoms with van der Waals surface area (Å²) in [6, 6.07) is 7.45. The van der Waals surface area contributed by atoms with Crippen LogP contribution in [-0.4, -0.2) is 37.0 Å². The fourth-order valence-electron chi connectivity index (χ4n) is 2.24. The Morgan fingerprint density at radius 3 is 2.56 bits per heavy atom. The van der Waals surface area contributed by atoms with Gasteiger partial charge in [0.25, 0.3) is 0 Å². The summed E-state index contributed by atoms with van der Waals surface area (Å²) in [6.07, 6.45) is 3.01. The summed E-state index contributed by atoms with van der Waals surface area (Å²) in [5.41, 5.74) is 7.33. The van der Waals surface area contributed by atoms with E-state index >= 15 is 0 Å². The molecule has 98 valence electrons. The molecule has 4 nitrogen and oxygen atoms in total. The van der Waals surface area contributed by atoms with E-state index in [1.54, 1.807) is 0 Å². The predicted octanol–water partition coefficient (Wildman–Crippen LogP) is 1.02. The lowest BCUT2D eigenvalue weighted by atomic mass is 10.1. The molecule has 1 aromatic rings. The molecule has 0 aliphatic carbocycles. The zero-order valence-electron chi connectivity index (χ0n) is 10.7. The molecule has 1 fully saturated rings. The van der Waals surface area contributed by atoms with Gasteiger partial charge in [-0.25, -0.2) is 0 Å². The maximum atomic E-state index is 11.7. The summed E-state index contributed by atoms with van der Waals surface area (Å²) in [4.78, 5) is 14.1. The Kier molecular flexibility index (Phi) is 4.59. The second-order valence-corrected chi connectivity index (χ2v) is 4.82. The van der Waals surface area contributed by atoms with Crippen molar-refractivity contribution in [2.75, 3.05) is 31.9 Å². The third kappa shape index (κ3) is 4.04. The van der Waals surface area contributed by atoms with Crippen molar-refractivity contribution >= 4 is 11.6 Å². The van der Waals surface area contributed by atoms with E-state index in [0.29, 0.717) is 6.42 Å². The van der Waals surface area contributed by atoms with Crippen LogP contribution in [0.25, 0.3) is 0 Å². The average Bonchev–Trinajstić information content (AvgIpc) is 2.85. The van der Waals surface area contributed by atoms with Crippen LogP contribution >= 0.6 is 0 Å². The molecule has 1 aliphatic rings. The number of nitrogen functional groups attached to an aromatic ring is 1. The number of nitrogens with one attached hydrogen (secondary N) is 1. The van der Waals surface area contributed by atoms with Gasteiger partial charge in [0.15, 0.2) is 0 Å². The van der Waals surface area contributed by atoms with Gasteiger partial charge < -0.3 is 16.0 Å². The topological polar surface area (TPSA) is 58.4 Å². The Morgan fingerprint density at radius 2 is 1.89 bits per heavy atom. The van der Waals surface area contributed by atoms with Crippen LogP contribution in [0.1, 0.15) is 18.4 Å². The van der Waals surface area contributed by atoms with Crippen molar-refractivity contribution < 1.29 is 4.79 Å². The van der Waals surface area contributed by atoms with Crippen LogP contribution < -0.4 is 11.1 Å². The van der Waals surface area contributed by atoms with E-state index in [9.17, 15) is 4.79 Å². The second-order valence-electron chi connectivity index (χ2n) is 4.82. The van der Waals surface area contributed by atoms with Gasteiger partial charge in [-0.3, -0.25) is 4.79 Å². The number of hydrogen-bond acceptors (Lipinski definition) is 3. The summed E-state index contributed by atoms with van der Waals surface area (Å²) < 4.78 is 0. The van der Waals surface area contributed by atoms with Gasteiger partial charge in [-0.05, 0) is 43.6 Å². The molecule has 0 aromatic heterocycles. The number of likely N-dealkylation sites (tertiary alicyclic amines) is 1. The smallest absolute Gasteiger partial charge is 0.224 e. The minimum Gasteiger partial charge on any atom is -0.399 e. The Labute approximate surface area is 108 Å². The molecule has 4 heteroatoms. The second kappa shape index (κ2) is 6.40. The molecule has 0 bridgehead atoms. The van der Waals surface area contributed by atoms with Gasteiger partial charge in [-0.15, -0.1) is 0 Å². The summed E-state index contributed by atoms with van der Waals surface area (Å²) in [5.74, 6) is 0.0824. The number of anilines is 1. The molecule has 3 N–H and O–H groups in total. The maximum absolute atomic E-state index is 11.7. The van der Waals surface area contributed by atoms with Crippen LogP contribution in [0.4, 0.5) is 5.69 Å². The Morgan fingerprint density at radius 1 is 1.22 bits per heavy atom. The van der Waals surface area contributed by atoms with Crippen molar-refractivity contribution in [1.82, 2.24) is 10.2 Å². The zero-order valence-corrected chi connectivity index (χ0v) is 10.7. The van der Waals surface area contributed by atoms with Crippen LogP contribution in [-0.2, 0) is 11.2 Å². The third-order valence-corrected chi connectivity index (χ3v) is 3.29. The zero-order chi connectivity index (χ0) is 12.8. The monoisotopic (exact) mass is 247 g/mol.